The molecule has 166 valence electrons. The topological polar surface area (TPSA) is 124 Å². The number of allylic oxidation sites excluding steroid dienone is 3. The number of nitrogens with zero attached hydrogens (tertiary/aromatic N) is 3. The van der Waals surface area contributed by atoms with Gasteiger partial charge in [0.05, 0.1) is 23.6 Å². The molecule has 0 atom stereocenters. The Morgan fingerprint density at radius 1 is 1.25 bits per heavy atom. The van der Waals surface area contributed by atoms with E-state index in [9.17, 15) is 24.6 Å². The van der Waals surface area contributed by atoms with Gasteiger partial charge in [-0.3, -0.25) is 19.0 Å². The van der Waals surface area contributed by atoms with Crippen molar-refractivity contribution in [2.75, 3.05) is 7.11 Å². The molecule has 0 saturated heterocycles. The molecule has 9 nitrogen and oxygen atoms in total. The smallest absolute Gasteiger partial charge is 0.325 e. The summed E-state index contributed by atoms with van der Waals surface area (Å²) in [5.41, 5.74) is -0.0319. The van der Waals surface area contributed by atoms with Gasteiger partial charge >= 0.3 is 5.97 Å². The monoisotopic (exact) mass is 437 g/mol. The van der Waals surface area contributed by atoms with Crippen molar-refractivity contribution < 1.29 is 19.7 Å². The fraction of sp³-hybridized carbons (Fsp3) is 0.217. The van der Waals surface area contributed by atoms with E-state index in [2.05, 4.69) is 9.72 Å². The molecule has 0 aliphatic heterocycles. The summed E-state index contributed by atoms with van der Waals surface area (Å²) in [6.07, 6.45) is 5.84. The highest BCUT2D eigenvalue weighted by Gasteiger charge is 2.18. The zero-order valence-electron chi connectivity index (χ0n) is 18.1. The Bertz CT molecular complexity index is 1400. The Labute approximate surface area is 183 Å². The minimum Gasteiger partial charge on any atom is -0.507 e. The van der Waals surface area contributed by atoms with Crippen LogP contribution in [0, 0.1) is 6.92 Å². The third-order valence-electron chi connectivity index (χ3n) is 5.22. The number of hydrogen-bond donors (Lipinski definition) is 2. The molecule has 3 heterocycles. The molecule has 0 bridgehead atoms. The zero-order chi connectivity index (χ0) is 23.6. The highest BCUT2D eigenvalue weighted by Crippen LogP contribution is 2.28. The predicted molar refractivity (Wildman–Crippen MR) is 120 cm³/mol. The van der Waals surface area contributed by atoms with Gasteiger partial charge in [0.1, 0.15) is 23.7 Å². The molecule has 0 unspecified atom stereocenters. The molecular formula is C23H23N3O6. The Hall–Kier alpha value is -4.14. The van der Waals surface area contributed by atoms with Gasteiger partial charge in [0.25, 0.3) is 11.1 Å². The molecule has 3 aromatic heterocycles. The third-order valence-corrected chi connectivity index (χ3v) is 5.22. The molecule has 9 heteroatoms. The second-order valence-electron chi connectivity index (χ2n) is 7.09. The highest BCUT2D eigenvalue weighted by atomic mass is 16.5. The third kappa shape index (κ3) is 3.92. The van der Waals surface area contributed by atoms with E-state index in [1.807, 2.05) is 0 Å². The number of pyridine rings is 3. The summed E-state index contributed by atoms with van der Waals surface area (Å²) in [7, 11) is 2.79. The van der Waals surface area contributed by atoms with Crippen LogP contribution in [-0.4, -0.2) is 37.4 Å². The molecule has 0 aromatic carbocycles. The average Bonchev–Trinajstić information content (AvgIpc) is 2.78. The van der Waals surface area contributed by atoms with Crippen LogP contribution in [0.1, 0.15) is 23.7 Å². The van der Waals surface area contributed by atoms with Crippen LogP contribution < -0.4 is 11.1 Å². The first-order chi connectivity index (χ1) is 15.2. The number of hydrogen-bond acceptors (Lipinski definition) is 7. The summed E-state index contributed by atoms with van der Waals surface area (Å²) >= 11 is 0. The van der Waals surface area contributed by atoms with Crippen molar-refractivity contribution in [3.63, 3.8) is 0 Å². The molecule has 0 radical (unpaired) electrons. The number of aromatic hydroxyl groups is 2. The average molecular weight is 437 g/mol. The van der Waals surface area contributed by atoms with Crippen LogP contribution in [0.4, 0.5) is 0 Å². The van der Waals surface area contributed by atoms with Crippen LogP contribution in [0.2, 0.25) is 0 Å². The quantitative estimate of drug-likeness (QED) is 0.463. The Morgan fingerprint density at radius 2 is 1.97 bits per heavy atom. The molecule has 3 rings (SSSR count). The fourth-order valence-corrected chi connectivity index (χ4v) is 3.35. The maximum atomic E-state index is 13.1. The number of carbonyl (C=O) groups is 1. The van der Waals surface area contributed by atoms with Gasteiger partial charge < -0.3 is 19.5 Å². The van der Waals surface area contributed by atoms with Crippen LogP contribution >= 0.6 is 0 Å². The summed E-state index contributed by atoms with van der Waals surface area (Å²) < 4.78 is 7.17. The Morgan fingerprint density at radius 3 is 2.62 bits per heavy atom. The summed E-state index contributed by atoms with van der Waals surface area (Å²) in [6, 6.07) is 4.63. The normalized spacial score (nSPS) is 11.9. The summed E-state index contributed by atoms with van der Waals surface area (Å²) in [5.74, 6) is -1.16. The number of rotatable bonds is 5. The van der Waals surface area contributed by atoms with E-state index in [1.165, 1.54) is 36.1 Å². The van der Waals surface area contributed by atoms with E-state index in [-0.39, 0.29) is 40.2 Å². The van der Waals surface area contributed by atoms with Gasteiger partial charge in [-0.1, -0.05) is 12.2 Å². The number of aromatic nitrogens is 3. The zero-order valence-corrected chi connectivity index (χ0v) is 18.1. The van der Waals surface area contributed by atoms with Crippen molar-refractivity contribution in [2.24, 2.45) is 7.05 Å². The number of methoxy groups -OCH3 is 1. The van der Waals surface area contributed by atoms with Crippen molar-refractivity contribution in [2.45, 2.75) is 20.4 Å². The molecule has 32 heavy (non-hydrogen) atoms. The molecule has 0 aliphatic rings. The number of ether oxygens (including phenoxy) is 1. The van der Waals surface area contributed by atoms with Gasteiger partial charge in [0.15, 0.2) is 0 Å². The first-order valence-electron chi connectivity index (χ1n) is 9.72. The van der Waals surface area contributed by atoms with Crippen LogP contribution in [0.25, 0.3) is 22.7 Å². The van der Waals surface area contributed by atoms with Crippen LogP contribution in [-0.2, 0) is 23.1 Å². The second-order valence-corrected chi connectivity index (χ2v) is 7.09. The van der Waals surface area contributed by atoms with E-state index in [0.29, 0.717) is 11.3 Å². The lowest BCUT2D eigenvalue weighted by atomic mass is 10.0. The van der Waals surface area contributed by atoms with Gasteiger partial charge in [0, 0.05) is 25.0 Å². The minimum absolute atomic E-state index is 0.0636. The van der Waals surface area contributed by atoms with Gasteiger partial charge in [-0.15, -0.1) is 0 Å². The highest BCUT2D eigenvalue weighted by molar-refractivity contribution is 5.89. The van der Waals surface area contributed by atoms with Crippen molar-refractivity contribution in [3.05, 3.63) is 74.1 Å². The van der Waals surface area contributed by atoms with E-state index >= 15 is 0 Å². The SMILES string of the molecule is C/C=C(\C=C\c1c(O)c2cccnc2n(CC(=O)OC)c1=O)c1c(O)cc(C)n(C)c1=O. The van der Waals surface area contributed by atoms with E-state index in [4.69, 9.17) is 0 Å². The Kier molecular flexibility index (Phi) is 6.29. The van der Waals surface area contributed by atoms with Gasteiger partial charge in [-0.25, -0.2) is 4.98 Å². The lowest BCUT2D eigenvalue weighted by Gasteiger charge is -2.12. The summed E-state index contributed by atoms with van der Waals surface area (Å²) in [6.45, 7) is 2.98. The summed E-state index contributed by atoms with van der Waals surface area (Å²) in [4.78, 5) is 41.7. The molecule has 0 fully saturated rings. The Balaban J connectivity index is 2.21. The maximum Gasteiger partial charge on any atom is 0.325 e. The lowest BCUT2D eigenvalue weighted by molar-refractivity contribution is -0.141. The number of esters is 1. The van der Waals surface area contributed by atoms with Crippen molar-refractivity contribution in [1.29, 1.82) is 0 Å². The molecule has 3 aromatic rings. The predicted octanol–water partition coefficient (Wildman–Crippen LogP) is 2.10. The molecule has 0 spiro atoms. The van der Waals surface area contributed by atoms with Crippen molar-refractivity contribution in [1.82, 2.24) is 14.1 Å². The largest absolute Gasteiger partial charge is 0.507 e. The first-order valence-corrected chi connectivity index (χ1v) is 9.72. The number of carbonyl (C=O) groups excluding carboxylic acids is 1. The van der Waals surface area contributed by atoms with Crippen LogP contribution in [0.5, 0.6) is 11.5 Å². The minimum atomic E-state index is -0.660. The van der Waals surface area contributed by atoms with E-state index < -0.39 is 17.1 Å². The number of aryl methyl sites for hydroxylation is 1. The number of fused-ring (bicyclic) bond motifs is 1. The standard InChI is InChI=1S/C23H23N3O6/c1-5-14(19-17(27)11-13(2)25(3)23(19)31)8-9-16-20(29)15-7-6-10-24-21(15)26(22(16)30)12-18(28)32-4/h5-11,27,29H,12H2,1-4H3/b9-8+,14-5+. The van der Waals surface area contributed by atoms with E-state index in [0.717, 1.165) is 4.57 Å². The van der Waals surface area contributed by atoms with Gasteiger partial charge in [0.2, 0.25) is 0 Å². The van der Waals surface area contributed by atoms with Crippen molar-refractivity contribution in [3.8, 4) is 11.5 Å². The molecule has 0 amide bonds. The summed E-state index contributed by atoms with van der Waals surface area (Å²) in [5, 5.41) is 21.4. The molecule has 2 N–H and O–H groups in total. The van der Waals surface area contributed by atoms with Crippen LogP contribution in [0.15, 0.2) is 46.1 Å². The second kappa shape index (κ2) is 8.93. The van der Waals surface area contributed by atoms with Gasteiger partial charge in [-0.05, 0) is 37.6 Å². The lowest BCUT2D eigenvalue weighted by Crippen LogP contribution is -2.27. The molecule has 0 saturated carbocycles. The molecular weight excluding hydrogens is 414 g/mol. The first kappa shape index (κ1) is 22.5. The van der Waals surface area contributed by atoms with Crippen LogP contribution in [0.3, 0.4) is 0 Å². The van der Waals surface area contributed by atoms with Crippen molar-refractivity contribution >= 4 is 28.7 Å². The maximum absolute atomic E-state index is 13.1. The molecule has 0 aliphatic carbocycles. The van der Waals surface area contributed by atoms with E-state index in [1.54, 1.807) is 39.1 Å². The fourth-order valence-electron chi connectivity index (χ4n) is 3.35. The van der Waals surface area contributed by atoms with Gasteiger partial charge in [-0.2, -0.15) is 0 Å².